The maximum atomic E-state index is 6.17. The van der Waals surface area contributed by atoms with Gasteiger partial charge in [-0.2, -0.15) is 0 Å². The van der Waals surface area contributed by atoms with Crippen molar-refractivity contribution < 1.29 is 0 Å². The van der Waals surface area contributed by atoms with Gasteiger partial charge in [0.15, 0.2) is 0 Å². The number of nitrogens with zero attached hydrogens (tertiary/aromatic N) is 3. The minimum atomic E-state index is 0.606. The molecule has 0 aliphatic rings. The summed E-state index contributed by atoms with van der Waals surface area (Å²) in [7, 11) is 0. The Kier molecular flexibility index (Phi) is 6.27. The number of rotatable bonds is 7. The smallest absolute Gasteiger partial charge is 0.137 e. The van der Waals surface area contributed by atoms with Crippen molar-refractivity contribution in [3.63, 3.8) is 0 Å². The van der Waals surface area contributed by atoms with E-state index in [-0.39, 0.29) is 0 Å². The fraction of sp³-hybridized carbons (Fsp3) is 0.692. The molecule has 17 heavy (non-hydrogen) atoms. The van der Waals surface area contributed by atoms with Crippen LogP contribution in [0.2, 0.25) is 5.15 Å². The quantitative estimate of drug-likeness (QED) is 0.696. The highest BCUT2D eigenvalue weighted by molar-refractivity contribution is 6.30. The van der Waals surface area contributed by atoms with Crippen molar-refractivity contribution in [2.24, 2.45) is 0 Å². The average molecular weight is 256 g/mol. The number of hydrogen-bond acceptors (Lipinski definition) is 3. The fourth-order valence-electron chi connectivity index (χ4n) is 1.98. The first-order chi connectivity index (χ1) is 8.24. The molecule has 0 unspecified atom stereocenters. The summed E-state index contributed by atoms with van der Waals surface area (Å²) in [5, 5.41) is 0.606. The number of aromatic nitrogens is 2. The molecule has 0 saturated carbocycles. The SMILES string of the molecule is CCCc1c(Cl)ncnc1N(CCC)CCC. The predicted octanol–water partition coefficient (Wildman–Crippen LogP) is 3.71. The standard InChI is InChI=1S/C13H22ClN3/c1-4-7-11-12(14)15-10-16-13(11)17(8-5-2)9-6-3/h10H,4-9H2,1-3H3. The van der Waals surface area contributed by atoms with E-state index in [1.165, 1.54) is 0 Å². The second-order valence-corrected chi connectivity index (χ2v) is 4.56. The summed E-state index contributed by atoms with van der Waals surface area (Å²) in [6.45, 7) is 8.57. The van der Waals surface area contributed by atoms with E-state index in [4.69, 9.17) is 11.6 Å². The highest BCUT2D eigenvalue weighted by Crippen LogP contribution is 2.25. The second-order valence-electron chi connectivity index (χ2n) is 4.20. The molecule has 1 heterocycles. The van der Waals surface area contributed by atoms with E-state index in [2.05, 4.69) is 35.6 Å². The Morgan fingerprint density at radius 3 is 2.24 bits per heavy atom. The minimum Gasteiger partial charge on any atom is -0.356 e. The molecule has 3 nitrogen and oxygen atoms in total. The zero-order valence-corrected chi connectivity index (χ0v) is 11.8. The molecule has 0 aliphatic carbocycles. The Bertz CT molecular complexity index is 335. The van der Waals surface area contributed by atoms with Crippen LogP contribution in [0.3, 0.4) is 0 Å². The van der Waals surface area contributed by atoms with Crippen molar-refractivity contribution in [1.29, 1.82) is 0 Å². The van der Waals surface area contributed by atoms with Crippen LogP contribution in [0.1, 0.15) is 45.6 Å². The Balaban J connectivity index is 3.03. The van der Waals surface area contributed by atoms with Gasteiger partial charge >= 0.3 is 0 Å². The number of anilines is 1. The third-order valence-electron chi connectivity index (χ3n) is 2.66. The van der Waals surface area contributed by atoms with E-state index in [9.17, 15) is 0 Å². The van der Waals surface area contributed by atoms with Gasteiger partial charge in [0.1, 0.15) is 17.3 Å². The van der Waals surface area contributed by atoms with Crippen LogP contribution < -0.4 is 4.90 Å². The molecule has 0 atom stereocenters. The van der Waals surface area contributed by atoms with Gasteiger partial charge < -0.3 is 4.90 Å². The summed E-state index contributed by atoms with van der Waals surface area (Å²) in [6.07, 6.45) is 5.81. The van der Waals surface area contributed by atoms with Crippen LogP contribution in [0.5, 0.6) is 0 Å². The molecule has 0 fully saturated rings. The molecular weight excluding hydrogens is 234 g/mol. The molecular formula is C13H22ClN3. The van der Waals surface area contributed by atoms with Crippen molar-refractivity contribution in [2.45, 2.75) is 46.5 Å². The summed E-state index contributed by atoms with van der Waals surface area (Å²) in [5.74, 6) is 1.02. The Morgan fingerprint density at radius 1 is 1.06 bits per heavy atom. The molecule has 4 heteroatoms. The average Bonchev–Trinajstić information content (AvgIpc) is 2.32. The van der Waals surface area contributed by atoms with Crippen LogP contribution in [-0.2, 0) is 6.42 Å². The first-order valence-corrected chi connectivity index (χ1v) is 6.86. The third kappa shape index (κ3) is 3.84. The normalized spacial score (nSPS) is 10.6. The van der Waals surface area contributed by atoms with Crippen molar-refractivity contribution >= 4 is 17.4 Å². The van der Waals surface area contributed by atoms with Crippen molar-refractivity contribution in [3.05, 3.63) is 17.0 Å². The summed E-state index contributed by atoms with van der Waals surface area (Å²) >= 11 is 6.17. The topological polar surface area (TPSA) is 29.0 Å². The highest BCUT2D eigenvalue weighted by atomic mass is 35.5. The Labute approximate surface area is 109 Å². The van der Waals surface area contributed by atoms with E-state index in [1.807, 2.05) is 0 Å². The monoisotopic (exact) mass is 255 g/mol. The first kappa shape index (κ1) is 14.2. The van der Waals surface area contributed by atoms with E-state index in [1.54, 1.807) is 6.33 Å². The molecule has 0 spiro atoms. The van der Waals surface area contributed by atoms with E-state index >= 15 is 0 Å². The van der Waals surface area contributed by atoms with Gasteiger partial charge in [0, 0.05) is 18.7 Å². The van der Waals surface area contributed by atoms with Crippen molar-refractivity contribution in [3.8, 4) is 0 Å². The zero-order chi connectivity index (χ0) is 12.7. The predicted molar refractivity (Wildman–Crippen MR) is 73.8 cm³/mol. The Hall–Kier alpha value is -0.830. The summed E-state index contributed by atoms with van der Waals surface area (Å²) in [5.41, 5.74) is 1.10. The van der Waals surface area contributed by atoms with Crippen LogP contribution in [-0.4, -0.2) is 23.1 Å². The first-order valence-electron chi connectivity index (χ1n) is 6.48. The van der Waals surface area contributed by atoms with Gasteiger partial charge in [-0.1, -0.05) is 38.8 Å². The molecule has 1 rings (SSSR count). The lowest BCUT2D eigenvalue weighted by atomic mass is 10.1. The van der Waals surface area contributed by atoms with E-state index in [0.29, 0.717) is 5.15 Å². The third-order valence-corrected chi connectivity index (χ3v) is 2.98. The van der Waals surface area contributed by atoms with Crippen LogP contribution in [0, 0.1) is 0 Å². The molecule has 1 aromatic heterocycles. The molecule has 0 radical (unpaired) electrons. The van der Waals surface area contributed by atoms with Gasteiger partial charge in [0.05, 0.1) is 0 Å². The van der Waals surface area contributed by atoms with E-state index < -0.39 is 0 Å². The van der Waals surface area contributed by atoms with Gasteiger partial charge in [0.2, 0.25) is 0 Å². The molecule has 0 aliphatic heterocycles. The maximum absolute atomic E-state index is 6.17. The van der Waals surface area contributed by atoms with Crippen LogP contribution >= 0.6 is 11.6 Å². The maximum Gasteiger partial charge on any atom is 0.137 e. The van der Waals surface area contributed by atoms with E-state index in [0.717, 1.165) is 50.2 Å². The lowest BCUT2D eigenvalue weighted by Crippen LogP contribution is -2.27. The largest absolute Gasteiger partial charge is 0.356 e. The summed E-state index contributed by atoms with van der Waals surface area (Å²) in [4.78, 5) is 10.8. The van der Waals surface area contributed by atoms with Gasteiger partial charge in [0.25, 0.3) is 0 Å². The second kappa shape index (κ2) is 7.49. The lowest BCUT2D eigenvalue weighted by Gasteiger charge is -2.25. The van der Waals surface area contributed by atoms with Crippen LogP contribution in [0.4, 0.5) is 5.82 Å². The lowest BCUT2D eigenvalue weighted by molar-refractivity contribution is 0.723. The van der Waals surface area contributed by atoms with Gasteiger partial charge in [-0.3, -0.25) is 0 Å². The minimum absolute atomic E-state index is 0.606. The van der Waals surface area contributed by atoms with Crippen LogP contribution in [0.15, 0.2) is 6.33 Å². The molecule has 0 aromatic carbocycles. The Morgan fingerprint density at radius 2 is 1.71 bits per heavy atom. The molecule has 0 saturated heterocycles. The molecule has 0 N–H and O–H groups in total. The number of halogens is 1. The fourth-order valence-corrected chi connectivity index (χ4v) is 2.21. The van der Waals surface area contributed by atoms with Gasteiger partial charge in [-0.15, -0.1) is 0 Å². The highest BCUT2D eigenvalue weighted by Gasteiger charge is 2.14. The summed E-state index contributed by atoms with van der Waals surface area (Å²) in [6, 6.07) is 0. The van der Waals surface area contributed by atoms with Gasteiger partial charge in [-0.05, 0) is 19.3 Å². The molecule has 96 valence electrons. The van der Waals surface area contributed by atoms with Gasteiger partial charge in [-0.25, -0.2) is 9.97 Å². The van der Waals surface area contributed by atoms with Crippen molar-refractivity contribution in [1.82, 2.24) is 9.97 Å². The van der Waals surface area contributed by atoms with Crippen LogP contribution in [0.25, 0.3) is 0 Å². The summed E-state index contributed by atoms with van der Waals surface area (Å²) < 4.78 is 0. The molecule has 0 amide bonds. The number of hydrogen-bond donors (Lipinski definition) is 0. The zero-order valence-electron chi connectivity index (χ0n) is 11.0. The molecule has 0 bridgehead atoms. The van der Waals surface area contributed by atoms with Crippen molar-refractivity contribution in [2.75, 3.05) is 18.0 Å². The molecule has 1 aromatic rings.